The molecule has 1 amide bonds. The van der Waals surface area contributed by atoms with Gasteiger partial charge in [-0.1, -0.05) is 44.2 Å². The summed E-state index contributed by atoms with van der Waals surface area (Å²) in [6.45, 7) is 7.31. The smallest absolute Gasteiger partial charge is 0.227 e. The van der Waals surface area contributed by atoms with E-state index in [1.54, 1.807) is 7.11 Å². The van der Waals surface area contributed by atoms with Crippen LogP contribution in [0, 0.1) is 5.92 Å². The van der Waals surface area contributed by atoms with Gasteiger partial charge >= 0.3 is 0 Å². The number of aromatic nitrogens is 4. The van der Waals surface area contributed by atoms with Gasteiger partial charge in [0.25, 0.3) is 0 Å². The second kappa shape index (κ2) is 11.0. The summed E-state index contributed by atoms with van der Waals surface area (Å²) in [6.07, 6.45) is 3.94. The van der Waals surface area contributed by atoms with Gasteiger partial charge in [-0.3, -0.25) is 4.79 Å². The number of carbonyl (C=O) groups excluding carboxylic acids is 1. The summed E-state index contributed by atoms with van der Waals surface area (Å²) in [5.41, 5.74) is 2.79. The Hall–Kier alpha value is -3.94. The third kappa shape index (κ3) is 5.58. The van der Waals surface area contributed by atoms with E-state index in [2.05, 4.69) is 23.8 Å². The Balaban J connectivity index is 1.38. The Labute approximate surface area is 217 Å². The maximum Gasteiger partial charge on any atom is 0.227 e. The summed E-state index contributed by atoms with van der Waals surface area (Å²) in [5, 5.41) is 5.62. The molecule has 0 unspecified atom stereocenters. The van der Waals surface area contributed by atoms with Crippen LogP contribution >= 0.6 is 0 Å². The van der Waals surface area contributed by atoms with Crippen LogP contribution in [0.5, 0.6) is 5.75 Å². The molecule has 37 heavy (non-hydrogen) atoms. The molecule has 0 bridgehead atoms. The van der Waals surface area contributed by atoms with Gasteiger partial charge in [-0.25, -0.2) is 14.6 Å². The average molecular weight is 499 g/mol. The minimum atomic E-state index is 0.150. The van der Waals surface area contributed by atoms with Crippen LogP contribution in [-0.2, 0) is 17.6 Å². The topological polar surface area (TPSA) is 76.4 Å². The predicted octanol–water partition coefficient (Wildman–Crippen LogP) is 4.30. The Bertz CT molecular complexity index is 1350. The van der Waals surface area contributed by atoms with Crippen LogP contribution in [0.3, 0.4) is 0 Å². The molecule has 0 atom stereocenters. The zero-order chi connectivity index (χ0) is 25.8. The van der Waals surface area contributed by atoms with E-state index in [9.17, 15) is 4.79 Å². The molecular formula is C29H34N6O2. The summed E-state index contributed by atoms with van der Waals surface area (Å²) >= 11 is 0. The molecule has 1 fully saturated rings. The minimum absolute atomic E-state index is 0.150. The minimum Gasteiger partial charge on any atom is -0.497 e. The number of anilines is 1. The predicted molar refractivity (Wildman–Crippen MR) is 145 cm³/mol. The van der Waals surface area contributed by atoms with E-state index in [-0.39, 0.29) is 5.91 Å². The summed E-state index contributed by atoms with van der Waals surface area (Å²) in [7, 11) is 1.65. The molecule has 0 radical (unpaired) electrons. The van der Waals surface area contributed by atoms with Crippen molar-refractivity contribution in [3.05, 3.63) is 72.2 Å². The molecule has 192 valence electrons. The molecule has 8 nitrogen and oxygen atoms in total. The van der Waals surface area contributed by atoms with Crippen LogP contribution in [0.15, 0.2) is 60.8 Å². The molecule has 2 aromatic carbocycles. The lowest BCUT2D eigenvalue weighted by Crippen LogP contribution is -2.36. The highest BCUT2D eigenvalue weighted by atomic mass is 16.5. The van der Waals surface area contributed by atoms with E-state index in [0.29, 0.717) is 18.9 Å². The van der Waals surface area contributed by atoms with Crippen molar-refractivity contribution in [1.29, 1.82) is 0 Å². The monoisotopic (exact) mass is 498 g/mol. The summed E-state index contributed by atoms with van der Waals surface area (Å²) in [5.74, 6) is 3.12. The van der Waals surface area contributed by atoms with Crippen LogP contribution in [0.25, 0.3) is 16.7 Å². The standard InChI is InChI=1S/C29H34N6O2/c1-21(2)18-26-31-28(25-20-30-35(29(25)32-26)23-8-5-4-6-9-23)34-15-7-14-33(16-17-34)27(36)19-22-10-12-24(37-3)13-11-22/h4-6,8-13,20-21H,7,14-19H2,1-3H3. The quantitative estimate of drug-likeness (QED) is 0.378. The molecule has 2 aromatic heterocycles. The Morgan fingerprint density at radius 1 is 0.973 bits per heavy atom. The first-order chi connectivity index (χ1) is 18.0. The van der Waals surface area contributed by atoms with Gasteiger partial charge in [0.1, 0.15) is 17.4 Å². The first-order valence-electron chi connectivity index (χ1n) is 13.0. The molecule has 0 spiro atoms. The van der Waals surface area contributed by atoms with Crippen molar-refractivity contribution in [2.24, 2.45) is 5.92 Å². The van der Waals surface area contributed by atoms with Crippen LogP contribution in [0.4, 0.5) is 5.82 Å². The van der Waals surface area contributed by atoms with E-state index in [1.807, 2.05) is 70.4 Å². The maximum atomic E-state index is 13.1. The molecular weight excluding hydrogens is 464 g/mol. The zero-order valence-electron chi connectivity index (χ0n) is 21.8. The first kappa shape index (κ1) is 24.7. The number of nitrogens with zero attached hydrogens (tertiary/aromatic N) is 6. The molecule has 5 rings (SSSR count). The largest absolute Gasteiger partial charge is 0.497 e. The van der Waals surface area contributed by atoms with E-state index in [4.69, 9.17) is 14.7 Å². The lowest BCUT2D eigenvalue weighted by molar-refractivity contribution is -0.130. The van der Waals surface area contributed by atoms with E-state index < -0.39 is 0 Å². The normalized spacial score (nSPS) is 14.3. The number of hydrogen-bond donors (Lipinski definition) is 0. The number of hydrogen-bond acceptors (Lipinski definition) is 6. The number of ether oxygens (including phenoxy) is 1. The van der Waals surface area contributed by atoms with Crippen molar-refractivity contribution in [2.45, 2.75) is 33.1 Å². The molecule has 4 aromatic rings. The van der Waals surface area contributed by atoms with Gasteiger partial charge in [0.05, 0.1) is 30.8 Å². The van der Waals surface area contributed by atoms with Gasteiger partial charge < -0.3 is 14.5 Å². The van der Waals surface area contributed by atoms with E-state index >= 15 is 0 Å². The van der Waals surface area contributed by atoms with Crippen LogP contribution in [0.2, 0.25) is 0 Å². The molecule has 0 aliphatic carbocycles. The molecule has 1 saturated heterocycles. The van der Waals surface area contributed by atoms with Gasteiger partial charge in [-0.2, -0.15) is 5.10 Å². The molecule has 8 heteroatoms. The van der Waals surface area contributed by atoms with Crippen molar-refractivity contribution >= 4 is 22.8 Å². The van der Waals surface area contributed by atoms with Crippen LogP contribution in [0.1, 0.15) is 31.7 Å². The SMILES string of the molecule is COc1ccc(CC(=O)N2CCCN(c3nc(CC(C)C)nc4c3cnn4-c3ccccc3)CC2)cc1. The van der Waals surface area contributed by atoms with Crippen molar-refractivity contribution in [1.82, 2.24) is 24.6 Å². The zero-order valence-corrected chi connectivity index (χ0v) is 21.8. The van der Waals surface area contributed by atoms with Gasteiger partial charge in [0.2, 0.25) is 5.91 Å². The Morgan fingerprint density at radius 2 is 1.76 bits per heavy atom. The highest BCUT2D eigenvalue weighted by molar-refractivity contribution is 5.88. The van der Waals surface area contributed by atoms with Crippen molar-refractivity contribution in [3.63, 3.8) is 0 Å². The lowest BCUT2D eigenvalue weighted by Gasteiger charge is -2.24. The fraction of sp³-hybridized carbons (Fsp3) is 0.379. The summed E-state index contributed by atoms with van der Waals surface area (Å²) in [4.78, 5) is 27.3. The number of amides is 1. The molecule has 0 saturated carbocycles. The highest BCUT2D eigenvalue weighted by Crippen LogP contribution is 2.27. The maximum absolute atomic E-state index is 13.1. The molecule has 0 N–H and O–H groups in total. The fourth-order valence-corrected chi connectivity index (χ4v) is 4.80. The number of fused-ring (bicyclic) bond motifs is 1. The van der Waals surface area contributed by atoms with Crippen LogP contribution < -0.4 is 9.64 Å². The van der Waals surface area contributed by atoms with Crippen molar-refractivity contribution < 1.29 is 9.53 Å². The van der Waals surface area contributed by atoms with Gasteiger partial charge in [0.15, 0.2) is 5.65 Å². The highest BCUT2D eigenvalue weighted by Gasteiger charge is 2.24. The Kier molecular flexibility index (Phi) is 7.35. The summed E-state index contributed by atoms with van der Waals surface area (Å²) in [6, 6.07) is 17.8. The summed E-state index contributed by atoms with van der Waals surface area (Å²) < 4.78 is 7.13. The number of rotatable bonds is 7. The van der Waals surface area contributed by atoms with Gasteiger partial charge in [-0.05, 0) is 42.2 Å². The molecule has 1 aliphatic heterocycles. The van der Waals surface area contributed by atoms with Crippen LogP contribution in [-0.4, -0.2) is 63.8 Å². The van der Waals surface area contributed by atoms with E-state index in [1.165, 1.54) is 0 Å². The van der Waals surface area contributed by atoms with Gasteiger partial charge in [0, 0.05) is 32.6 Å². The molecule has 1 aliphatic rings. The second-order valence-corrected chi connectivity index (χ2v) is 9.94. The third-order valence-electron chi connectivity index (χ3n) is 6.71. The van der Waals surface area contributed by atoms with E-state index in [0.717, 1.165) is 72.2 Å². The number of carbonyl (C=O) groups is 1. The van der Waals surface area contributed by atoms with Crippen molar-refractivity contribution in [2.75, 3.05) is 38.2 Å². The third-order valence-corrected chi connectivity index (χ3v) is 6.71. The number of para-hydroxylation sites is 1. The first-order valence-corrected chi connectivity index (χ1v) is 13.0. The number of benzene rings is 2. The second-order valence-electron chi connectivity index (χ2n) is 9.94. The molecule has 3 heterocycles. The Morgan fingerprint density at radius 3 is 2.49 bits per heavy atom. The lowest BCUT2D eigenvalue weighted by atomic mass is 10.1. The fourth-order valence-electron chi connectivity index (χ4n) is 4.80. The van der Waals surface area contributed by atoms with Gasteiger partial charge in [-0.15, -0.1) is 0 Å². The average Bonchev–Trinajstić information content (AvgIpc) is 3.17. The van der Waals surface area contributed by atoms with Crippen molar-refractivity contribution in [3.8, 4) is 11.4 Å². The number of methoxy groups -OCH3 is 1.